The molecule has 1 aliphatic heterocycles. The van der Waals surface area contributed by atoms with Crippen LogP contribution in [-0.2, 0) is 17.9 Å². The molecule has 156 valence electrons. The van der Waals surface area contributed by atoms with Crippen molar-refractivity contribution in [3.05, 3.63) is 57.6 Å². The Bertz CT molecular complexity index is 992. The first-order valence-electron chi connectivity index (χ1n) is 10.3. The Morgan fingerprint density at radius 3 is 2.59 bits per heavy atom. The fraction of sp³-hybridized carbons (Fsp3) is 0.500. The number of carbonyl (C=O) groups excluding carboxylic acids is 1. The van der Waals surface area contributed by atoms with Crippen LogP contribution in [-0.4, -0.2) is 46.1 Å². The minimum Gasteiger partial charge on any atom is -0.355 e. The summed E-state index contributed by atoms with van der Waals surface area (Å²) in [5.41, 5.74) is -0.154. The van der Waals surface area contributed by atoms with E-state index in [2.05, 4.69) is 23.7 Å². The summed E-state index contributed by atoms with van der Waals surface area (Å²) < 4.78 is 2.65. The van der Waals surface area contributed by atoms with E-state index >= 15 is 0 Å². The number of allylic oxidation sites excluding steroid dienone is 1. The molecule has 2 aromatic rings. The van der Waals surface area contributed by atoms with Crippen LogP contribution in [0.15, 0.2) is 46.5 Å². The van der Waals surface area contributed by atoms with Crippen molar-refractivity contribution < 1.29 is 4.79 Å². The Morgan fingerprint density at radius 2 is 1.90 bits per heavy atom. The van der Waals surface area contributed by atoms with Crippen LogP contribution in [0, 0.1) is 5.92 Å². The highest BCUT2D eigenvalue weighted by Crippen LogP contribution is 2.15. The Labute approximate surface area is 170 Å². The van der Waals surface area contributed by atoms with Gasteiger partial charge in [-0.25, -0.2) is 0 Å². The van der Waals surface area contributed by atoms with Crippen molar-refractivity contribution >= 4 is 16.9 Å². The maximum atomic E-state index is 12.6. The maximum Gasteiger partial charge on any atom is 0.317 e. The molecule has 29 heavy (non-hydrogen) atoms. The highest BCUT2D eigenvalue weighted by atomic mass is 16.2. The lowest BCUT2D eigenvalue weighted by atomic mass is 10.0. The molecular weight excluding hydrogens is 368 g/mol. The number of likely N-dealkylation sites (tertiary alicyclic amines) is 1. The fourth-order valence-corrected chi connectivity index (χ4v) is 4.06. The highest BCUT2D eigenvalue weighted by molar-refractivity contribution is 5.80. The number of hydrogen-bond acceptors (Lipinski definition) is 4. The monoisotopic (exact) mass is 398 g/mol. The van der Waals surface area contributed by atoms with Gasteiger partial charge in [0, 0.05) is 19.6 Å². The Hall–Kier alpha value is -2.67. The standard InChI is InChI=1S/C22H30N4O3/c1-3-12-25-18-9-4-5-10-19(18)26(22(29)21(25)28)16-20(27)23-11-7-14-24-13-6-8-17(2)15-24/h3-5,9-10,17H,1,6-8,11-16H2,2H3,(H,23,27)/t17-/m1/s1. The molecule has 1 N–H and O–H groups in total. The van der Waals surface area contributed by atoms with E-state index in [1.165, 1.54) is 22.0 Å². The molecule has 1 saturated heterocycles. The van der Waals surface area contributed by atoms with Gasteiger partial charge < -0.3 is 10.2 Å². The molecule has 1 aliphatic rings. The predicted molar refractivity (Wildman–Crippen MR) is 115 cm³/mol. The topological polar surface area (TPSA) is 76.3 Å². The van der Waals surface area contributed by atoms with Crippen molar-refractivity contribution in [3.8, 4) is 0 Å². The number of hydrogen-bond donors (Lipinski definition) is 1. The molecule has 0 aliphatic carbocycles. The van der Waals surface area contributed by atoms with Gasteiger partial charge >= 0.3 is 11.1 Å². The summed E-state index contributed by atoms with van der Waals surface area (Å²) in [5.74, 6) is 0.479. The van der Waals surface area contributed by atoms with Gasteiger partial charge in [-0.3, -0.25) is 23.5 Å². The van der Waals surface area contributed by atoms with Crippen molar-refractivity contribution in [2.75, 3.05) is 26.2 Å². The molecule has 7 heteroatoms. The van der Waals surface area contributed by atoms with Crippen LogP contribution in [0.3, 0.4) is 0 Å². The number of piperidine rings is 1. The summed E-state index contributed by atoms with van der Waals surface area (Å²) in [5, 5.41) is 2.88. The minimum atomic E-state index is -0.692. The van der Waals surface area contributed by atoms with E-state index in [0.29, 0.717) is 17.6 Å². The van der Waals surface area contributed by atoms with Gasteiger partial charge in [-0.05, 0) is 50.4 Å². The molecule has 7 nitrogen and oxygen atoms in total. The average Bonchev–Trinajstić information content (AvgIpc) is 2.72. The molecule has 0 bridgehead atoms. The van der Waals surface area contributed by atoms with Crippen LogP contribution in [0.4, 0.5) is 0 Å². The first-order chi connectivity index (χ1) is 14.0. The number of amides is 1. The van der Waals surface area contributed by atoms with Gasteiger partial charge in [0.25, 0.3) is 0 Å². The average molecular weight is 399 g/mol. The first-order valence-corrected chi connectivity index (χ1v) is 10.3. The van der Waals surface area contributed by atoms with E-state index in [1.54, 1.807) is 30.3 Å². The van der Waals surface area contributed by atoms with Crippen LogP contribution in [0.5, 0.6) is 0 Å². The summed E-state index contributed by atoms with van der Waals surface area (Å²) in [4.78, 5) is 39.9. The fourth-order valence-electron chi connectivity index (χ4n) is 4.06. The van der Waals surface area contributed by atoms with Crippen LogP contribution < -0.4 is 16.4 Å². The second-order valence-corrected chi connectivity index (χ2v) is 7.84. The zero-order valence-corrected chi connectivity index (χ0v) is 17.1. The third kappa shape index (κ3) is 5.03. The van der Waals surface area contributed by atoms with E-state index in [4.69, 9.17) is 0 Å². The Kier molecular flexibility index (Phi) is 7.04. The zero-order valence-electron chi connectivity index (χ0n) is 17.1. The van der Waals surface area contributed by atoms with Gasteiger partial charge in [0.15, 0.2) is 0 Å². The van der Waals surface area contributed by atoms with Gasteiger partial charge in [-0.15, -0.1) is 6.58 Å². The molecule has 1 fully saturated rings. The number of carbonyl (C=O) groups is 1. The van der Waals surface area contributed by atoms with Gasteiger partial charge in [0.05, 0.1) is 11.0 Å². The Balaban J connectivity index is 1.65. The van der Waals surface area contributed by atoms with Crippen LogP contribution in [0.2, 0.25) is 0 Å². The molecule has 1 amide bonds. The molecule has 0 unspecified atom stereocenters. The molecule has 0 spiro atoms. The Morgan fingerprint density at radius 1 is 1.21 bits per heavy atom. The summed E-state index contributed by atoms with van der Waals surface area (Å²) in [6, 6.07) is 7.12. The SMILES string of the molecule is C=CCn1c(=O)c(=O)n(CC(=O)NCCCN2CCC[C@@H](C)C2)c2ccccc21. The molecule has 3 rings (SSSR count). The second-order valence-electron chi connectivity index (χ2n) is 7.84. The maximum absolute atomic E-state index is 12.6. The van der Waals surface area contributed by atoms with E-state index in [-0.39, 0.29) is 19.0 Å². The summed E-state index contributed by atoms with van der Waals surface area (Å²) in [6.07, 6.45) is 4.98. The molecule has 0 saturated carbocycles. The quantitative estimate of drug-likeness (QED) is 0.416. The number of nitrogens with zero attached hydrogens (tertiary/aromatic N) is 3. The first kappa shape index (κ1) is 21.0. The number of nitrogens with one attached hydrogen (secondary N) is 1. The lowest BCUT2D eigenvalue weighted by Crippen LogP contribution is -2.44. The van der Waals surface area contributed by atoms with Crippen LogP contribution in [0.1, 0.15) is 26.2 Å². The van der Waals surface area contributed by atoms with Crippen molar-refractivity contribution in [1.82, 2.24) is 19.4 Å². The minimum absolute atomic E-state index is 0.162. The van der Waals surface area contributed by atoms with Crippen molar-refractivity contribution in [2.24, 2.45) is 5.92 Å². The van der Waals surface area contributed by atoms with Crippen molar-refractivity contribution in [2.45, 2.75) is 39.3 Å². The summed E-state index contributed by atoms with van der Waals surface area (Å²) in [7, 11) is 0. The highest BCUT2D eigenvalue weighted by Gasteiger charge is 2.16. The molecule has 0 radical (unpaired) electrons. The van der Waals surface area contributed by atoms with Gasteiger partial charge in [-0.2, -0.15) is 0 Å². The van der Waals surface area contributed by atoms with E-state index in [9.17, 15) is 14.4 Å². The van der Waals surface area contributed by atoms with E-state index in [0.717, 1.165) is 32.0 Å². The summed E-state index contributed by atoms with van der Waals surface area (Å²) in [6.45, 7) is 9.78. The van der Waals surface area contributed by atoms with Crippen molar-refractivity contribution in [3.63, 3.8) is 0 Å². The van der Waals surface area contributed by atoms with E-state index < -0.39 is 11.1 Å². The smallest absolute Gasteiger partial charge is 0.317 e. The zero-order chi connectivity index (χ0) is 20.8. The molecule has 1 aromatic carbocycles. The molecular formula is C22H30N4O3. The van der Waals surface area contributed by atoms with Crippen molar-refractivity contribution in [1.29, 1.82) is 0 Å². The number of fused-ring (bicyclic) bond motifs is 1. The lowest BCUT2D eigenvalue weighted by Gasteiger charge is -2.30. The third-order valence-electron chi connectivity index (χ3n) is 5.46. The summed E-state index contributed by atoms with van der Waals surface area (Å²) >= 11 is 0. The molecule has 1 aromatic heterocycles. The lowest BCUT2D eigenvalue weighted by molar-refractivity contribution is -0.121. The predicted octanol–water partition coefficient (Wildman–Crippen LogP) is 1.59. The normalized spacial score (nSPS) is 17.3. The second kappa shape index (κ2) is 9.69. The van der Waals surface area contributed by atoms with E-state index in [1.807, 2.05) is 0 Å². The largest absolute Gasteiger partial charge is 0.355 e. The van der Waals surface area contributed by atoms with Gasteiger partial charge in [-0.1, -0.05) is 25.1 Å². The van der Waals surface area contributed by atoms with Gasteiger partial charge in [0.2, 0.25) is 5.91 Å². The number of rotatable bonds is 8. The number of para-hydroxylation sites is 2. The molecule has 2 heterocycles. The van der Waals surface area contributed by atoms with Crippen LogP contribution >= 0.6 is 0 Å². The number of aromatic nitrogens is 2. The third-order valence-corrected chi connectivity index (χ3v) is 5.46. The van der Waals surface area contributed by atoms with Crippen LogP contribution in [0.25, 0.3) is 11.0 Å². The van der Waals surface area contributed by atoms with Gasteiger partial charge in [0.1, 0.15) is 6.54 Å². The molecule has 1 atom stereocenters. The number of benzene rings is 1.